The molecule has 0 saturated carbocycles. The predicted octanol–water partition coefficient (Wildman–Crippen LogP) is 2.91. The van der Waals surface area contributed by atoms with E-state index in [2.05, 4.69) is 4.99 Å². The number of alkyl halides is 1. The molecule has 2 atom stereocenters. The number of hydrogen-bond acceptors (Lipinski definition) is 5. The average Bonchev–Trinajstić information content (AvgIpc) is 2.95. The first kappa shape index (κ1) is 13.4. The first-order chi connectivity index (χ1) is 8.65. The van der Waals surface area contributed by atoms with Crippen LogP contribution in [0.4, 0.5) is 0 Å². The van der Waals surface area contributed by atoms with Gasteiger partial charge < -0.3 is 9.47 Å². The lowest BCUT2D eigenvalue weighted by Crippen LogP contribution is -2.25. The summed E-state index contributed by atoms with van der Waals surface area (Å²) in [7, 11) is 0. The van der Waals surface area contributed by atoms with Gasteiger partial charge in [0.2, 0.25) is 0 Å². The molecule has 1 aromatic heterocycles. The molecule has 0 aromatic carbocycles. The highest BCUT2D eigenvalue weighted by molar-refractivity contribution is 7.12. The molecular weight excluding hydrogens is 274 g/mol. The minimum Gasteiger partial charge on any atom is -0.469 e. The van der Waals surface area contributed by atoms with Crippen molar-refractivity contribution < 1.29 is 14.3 Å². The topological polar surface area (TPSA) is 47.9 Å². The zero-order valence-electron chi connectivity index (χ0n) is 10.2. The molecule has 1 aliphatic heterocycles. The van der Waals surface area contributed by atoms with Gasteiger partial charge in [-0.15, -0.1) is 22.9 Å². The number of rotatable bonds is 4. The fourth-order valence-corrected chi connectivity index (χ4v) is 2.95. The van der Waals surface area contributed by atoms with Gasteiger partial charge in [0.1, 0.15) is 0 Å². The summed E-state index contributed by atoms with van der Waals surface area (Å²) >= 11 is 7.31. The Morgan fingerprint density at radius 1 is 1.61 bits per heavy atom. The van der Waals surface area contributed by atoms with Crippen LogP contribution in [0.25, 0.3) is 0 Å². The van der Waals surface area contributed by atoms with E-state index in [1.54, 1.807) is 13.8 Å². The molecule has 0 fully saturated rings. The molecule has 0 radical (unpaired) electrons. The van der Waals surface area contributed by atoms with E-state index in [-0.39, 0.29) is 12.1 Å². The quantitative estimate of drug-likeness (QED) is 0.632. The van der Waals surface area contributed by atoms with E-state index in [1.807, 2.05) is 12.1 Å². The lowest BCUT2D eigenvalue weighted by Gasteiger charge is -2.14. The fourth-order valence-electron chi connectivity index (χ4n) is 1.78. The smallest absolute Gasteiger partial charge is 0.335 e. The van der Waals surface area contributed by atoms with Gasteiger partial charge in [-0.2, -0.15) is 0 Å². The van der Waals surface area contributed by atoms with Crippen LogP contribution in [-0.4, -0.2) is 24.5 Å². The van der Waals surface area contributed by atoms with Crippen molar-refractivity contribution in [3.05, 3.63) is 21.9 Å². The number of carbonyl (C=O) groups is 1. The molecule has 0 amide bonds. The molecule has 0 bridgehead atoms. The number of aliphatic imine (C=N–C) groups is 1. The van der Waals surface area contributed by atoms with Gasteiger partial charge in [0.05, 0.1) is 12.5 Å². The van der Waals surface area contributed by atoms with Gasteiger partial charge in [-0.3, -0.25) is 0 Å². The molecule has 0 saturated heterocycles. The molecule has 98 valence electrons. The summed E-state index contributed by atoms with van der Waals surface area (Å²) in [6, 6.07) is 3.26. The van der Waals surface area contributed by atoms with Gasteiger partial charge in [-0.25, -0.2) is 9.79 Å². The van der Waals surface area contributed by atoms with E-state index in [0.717, 1.165) is 9.75 Å². The van der Waals surface area contributed by atoms with Gasteiger partial charge in [0.15, 0.2) is 18.0 Å². The summed E-state index contributed by atoms with van der Waals surface area (Å²) in [6.07, 6.45) is -0.383. The molecule has 2 unspecified atom stereocenters. The predicted molar refractivity (Wildman–Crippen MR) is 71.2 cm³/mol. The molecule has 0 spiro atoms. The van der Waals surface area contributed by atoms with Gasteiger partial charge in [-0.05, 0) is 19.1 Å². The molecule has 0 aliphatic carbocycles. The van der Waals surface area contributed by atoms with Crippen LogP contribution in [0.15, 0.2) is 17.1 Å². The van der Waals surface area contributed by atoms with Gasteiger partial charge in [0.25, 0.3) is 0 Å². The zero-order chi connectivity index (χ0) is 13.1. The van der Waals surface area contributed by atoms with Crippen LogP contribution in [0.1, 0.15) is 29.7 Å². The van der Waals surface area contributed by atoms with Crippen molar-refractivity contribution in [1.82, 2.24) is 0 Å². The molecule has 6 heteroatoms. The first-order valence-electron chi connectivity index (χ1n) is 5.68. The number of halogens is 1. The van der Waals surface area contributed by atoms with Gasteiger partial charge in [0, 0.05) is 16.7 Å². The second kappa shape index (κ2) is 5.71. The highest BCUT2D eigenvalue weighted by atomic mass is 35.5. The summed E-state index contributed by atoms with van der Waals surface area (Å²) in [4.78, 5) is 18.0. The number of hydrogen-bond donors (Lipinski definition) is 0. The molecule has 2 heterocycles. The lowest BCUT2D eigenvalue weighted by atomic mass is 10.1. The summed E-state index contributed by atoms with van der Waals surface area (Å²) in [5, 5.41) is 0. The van der Waals surface area contributed by atoms with Crippen molar-refractivity contribution in [1.29, 1.82) is 0 Å². The zero-order valence-corrected chi connectivity index (χ0v) is 11.8. The van der Waals surface area contributed by atoms with Crippen molar-refractivity contribution in [2.75, 3.05) is 6.61 Å². The Kier molecular flexibility index (Phi) is 4.24. The summed E-state index contributed by atoms with van der Waals surface area (Å²) < 4.78 is 10.6. The van der Waals surface area contributed by atoms with Crippen LogP contribution in [-0.2, 0) is 20.1 Å². The van der Waals surface area contributed by atoms with Crippen LogP contribution in [0.2, 0.25) is 0 Å². The minimum atomic E-state index is -0.605. The maximum Gasteiger partial charge on any atom is 0.335 e. The summed E-state index contributed by atoms with van der Waals surface area (Å²) in [5.74, 6) is 0.625. The number of carbonyl (C=O) groups excluding carboxylic acids is 1. The van der Waals surface area contributed by atoms with E-state index in [4.69, 9.17) is 21.1 Å². The standard InChI is InChI=1S/C12H14ClNO3S/c1-3-16-12(15)10-11(17-7(2)14-10)9-5-4-8(6-13)18-9/h4-5,10-11H,3,6H2,1-2H3. The van der Waals surface area contributed by atoms with Crippen LogP contribution in [0, 0.1) is 0 Å². The first-order valence-corrected chi connectivity index (χ1v) is 7.03. The van der Waals surface area contributed by atoms with Crippen molar-refractivity contribution in [3.63, 3.8) is 0 Å². The van der Waals surface area contributed by atoms with Crippen LogP contribution >= 0.6 is 22.9 Å². The Balaban J connectivity index is 2.19. The van der Waals surface area contributed by atoms with Gasteiger partial charge in [-0.1, -0.05) is 0 Å². The lowest BCUT2D eigenvalue weighted by molar-refractivity contribution is -0.146. The van der Waals surface area contributed by atoms with E-state index in [9.17, 15) is 4.79 Å². The Bertz CT molecular complexity index is 472. The third-order valence-electron chi connectivity index (χ3n) is 2.53. The van der Waals surface area contributed by atoms with Crippen LogP contribution in [0.3, 0.4) is 0 Å². The Hall–Kier alpha value is -1.07. The Morgan fingerprint density at radius 3 is 3.00 bits per heavy atom. The molecule has 1 aliphatic rings. The van der Waals surface area contributed by atoms with E-state index in [0.29, 0.717) is 18.4 Å². The molecule has 1 aromatic rings. The number of esters is 1. The Morgan fingerprint density at radius 2 is 2.39 bits per heavy atom. The van der Waals surface area contributed by atoms with E-state index < -0.39 is 6.04 Å². The summed E-state index contributed by atoms with van der Waals surface area (Å²) in [6.45, 7) is 3.85. The van der Waals surface area contributed by atoms with Crippen molar-refractivity contribution >= 4 is 34.8 Å². The van der Waals surface area contributed by atoms with Crippen LogP contribution < -0.4 is 0 Å². The maximum atomic E-state index is 11.8. The molecular formula is C12H14ClNO3S. The Labute approximate surface area is 115 Å². The summed E-state index contributed by atoms with van der Waals surface area (Å²) in [5.41, 5.74) is 0. The number of nitrogens with zero attached hydrogens (tertiary/aromatic N) is 1. The maximum absolute atomic E-state index is 11.8. The fraction of sp³-hybridized carbons (Fsp3) is 0.500. The molecule has 4 nitrogen and oxygen atoms in total. The average molecular weight is 288 g/mol. The third kappa shape index (κ3) is 2.67. The second-order valence-corrected chi connectivity index (χ2v) is 5.29. The number of ether oxygens (including phenoxy) is 2. The monoisotopic (exact) mass is 287 g/mol. The minimum absolute atomic E-state index is 0.341. The molecule has 18 heavy (non-hydrogen) atoms. The van der Waals surface area contributed by atoms with E-state index in [1.165, 1.54) is 11.3 Å². The largest absolute Gasteiger partial charge is 0.469 e. The molecule has 0 N–H and O–H groups in total. The SMILES string of the molecule is CCOC(=O)C1N=C(C)OC1c1ccc(CCl)s1. The highest BCUT2D eigenvalue weighted by Gasteiger charge is 2.38. The van der Waals surface area contributed by atoms with Crippen molar-refractivity contribution in [3.8, 4) is 0 Å². The number of thiophene rings is 1. The van der Waals surface area contributed by atoms with Gasteiger partial charge >= 0.3 is 5.97 Å². The second-order valence-electron chi connectivity index (χ2n) is 3.82. The van der Waals surface area contributed by atoms with Crippen LogP contribution in [0.5, 0.6) is 0 Å². The molecule has 2 rings (SSSR count). The normalized spacial score (nSPS) is 22.5. The highest BCUT2D eigenvalue weighted by Crippen LogP contribution is 2.34. The van der Waals surface area contributed by atoms with Crippen molar-refractivity contribution in [2.45, 2.75) is 31.9 Å². The van der Waals surface area contributed by atoms with E-state index >= 15 is 0 Å². The van der Waals surface area contributed by atoms with Crippen molar-refractivity contribution in [2.24, 2.45) is 4.99 Å². The third-order valence-corrected chi connectivity index (χ3v) is 4.12.